The summed E-state index contributed by atoms with van der Waals surface area (Å²) in [4.78, 5) is 0. The van der Waals surface area contributed by atoms with Gasteiger partial charge in [-0.05, 0) is 54.3 Å². The van der Waals surface area contributed by atoms with E-state index in [0.717, 1.165) is 23.5 Å². The van der Waals surface area contributed by atoms with Gasteiger partial charge >= 0.3 is 0 Å². The quantitative estimate of drug-likeness (QED) is 0.861. The van der Waals surface area contributed by atoms with Crippen molar-refractivity contribution in [1.82, 2.24) is 0 Å². The minimum absolute atomic E-state index is 0.413. The standard InChI is InChI=1S/C17H20ClNO/c1-12(2)15-5-3-4-6-17(15)20-16-8-7-14(18)11-13(16)9-10-19/h3-8,11-12H,9-10,19H2,1-2H3. The lowest BCUT2D eigenvalue weighted by molar-refractivity contribution is 0.467. The van der Waals surface area contributed by atoms with E-state index in [4.69, 9.17) is 22.1 Å². The zero-order valence-electron chi connectivity index (χ0n) is 11.9. The zero-order valence-corrected chi connectivity index (χ0v) is 12.7. The number of nitrogens with two attached hydrogens (primary N) is 1. The Hall–Kier alpha value is -1.51. The molecule has 0 aliphatic carbocycles. The van der Waals surface area contributed by atoms with Crippen molar-refractivity contribution in [2.45, 2.75) is 26.2 Å². The number of rotatable bonds is 5. The van der Waals surface area contributed by atoms with E-state index >= 15 is 0 Å². The lowest BCUT2D eigenvalue weighted by Gasteiger charge is -2.16. The van der Waals surface area contributed by atoms with Gasteiger partial charge in [0.2, 0.25) is 0 Å². The molecule has 0 saturated heterocycles. The van der Waals surface area contributed by atoms with Gasteiger partial charge in [-0.15, -0.1) is 0 Å². The molecule has 20 heavy (non-hydrogen) atoms. The Morgan fingerprint density at radius 1 is 1.10 bits per heavy atom. The number of hydrogen-bond acceptors (Lipinski definition) is 2. The van der Waals surface area contributed by atoms with Crippen LogP contribution in [0.25, 0.3) is 0 Å². The summed E-state index contributed by atoms with van der Waals surface area (Å²) in [5.41, 5.74) is 7.89. The molecule has 0 bridgehead atoms. The van der Waals surface area contributed by atoms with Crippen molar-refractivity contribution in [2.75, 3.05) is 6.54 Å². The highest BCUT2D eigenvalue weighted by Crippen LogP contribution is 2.33. The molecule has 2 aromatic rings. The molecule has 0 amide bonds. The molecule has 0 aliphatic heterocycles. The number of benzene rings is 2. The summed E-state index contributed by atoms with van der Waals surface area (Å²) in [6.07, 6.45) is 0.750. The van der Waals surface area contributed by atoms with Gasteiger partial charge in [0.1, 0.15) is 11.5 Å². The van der Waals surface area contributed by atoms with Crippen LogP contribution in [0, 0.1) is 0 Å². The van der Waals surface area contributed by atoms with Crippen molar-refractivity contribution in [3.8, 4) is 11.5 Å². The number of para-hydroxylation sites is 1. The maximum absolute atomic E-state index is 6.10. The third-order valence-corrected chi connectivity index (χ3v) is 3.43. The van der Waals surface area contributed by atoms with Gasteiger partial charge in [0.05, 0.1) is 0 Å². The van der Waals surface area contributed by atoms with Gasteiger partial charge in [0, 0.05) is 5.02 Å². The first-order chi connectivity index (χ1) is 9.61. The predicted octanol–water partition coefficient (Wildman–Crippen LogP) is 4.76. The van der Waals surface area contributed by atoms with Gasteiger partial charge in [-0.1, -0.05) is 43.6 Å². The van der Waals surface area contributed by atoms with Gasteiger partial charge in [-0.3, -0.25) is 0 Å². The minimum atomic E-state index is 0.413. The van der Waals surface area contributed by atoms with Crippen LogP contribution in [0.4, 0.5) is 0 Å². The van der Waals surface area contributed by atoms with Crippen LogP contribution in [0.5, 0.6) is 11.5 Å². The lowest BCUT2D eigenvalue weighted by atomic mass is 10.0. The van der Waals surface area contributed by atoms with Crippen LogP contribution in [-0.2, 0) is 6.42 Å². The SMILES string of the molecule is CC(C)c1ccccc1Oc1ccc(Cl)cc1CCN. The molecule has 0 fully saturated rings. The molecular weight excluding hydrogens is 270 g/mol. The maximum atomic E-state index is 6.10. The second-order valence-electron chi connectivity index (χ2n) is 5.09. The number of hydrogen-bond donors (Lipinski definition) is 1. The van der Waals surface area contributed by atoms with E-state index in [1.54, 1.807) is 0 Å². The fourth-order valence-electron chi connectivity index (χ4n) is 2.17. The summed E-state index contributed by atoms with van der Waals surface area (Å²) in [7, 11) is 0. The van der Waals surface area contributed by atoms with Crippen molar-refractivity contribution < 1.29 is 4.74 Å². The first-order valence-electron chi connectivity index (χ1n) is 6.87. The Kier molecular flexibility index (Phi) is 5.05. The Morgan fingerprint density at radius 2 is 1.85 bits per heavy atom. The molecule has 0 saturated carbocycles. The van der Waals surface area contributed by atoms with Crippen LogP contribution >= 0.6 is 11.6 Å². The van der Waals surface area contributed by atoms with Crippen molar-refractivity contribution >= 4 is 11.6 Å². The number of halogens is 1. The fraction of sp³-hybridized carbons (Fsp3) is 0.294. The van der Waals surface area contributed by atoms with E-state index in [1.165, 1.54) is 5.56 Å². The first kappa shape index (κ1) is 14.9. The largest absolute Gasteiger partial charge is 0.457 e. The molecule has 0 aromatic heterocycles. The Labute approximate surface area is 125 Å². The van der Waals surface area contributed by atoms with E-state index in [1.807, 2.05) is 36.4 Å². The molecule has 3 heteroatoms. The Morgan fingerprint density at radius 3 is 2.55 bits per heavy atom. The third-order valence-electron chi connectivity index (χ3n) is 3.20. The van der Waals surface area contributed by atoms with Crippen LogP contribution in [0.2, 0.25) is 5.02 Å². The summed E-state index contributed by atoms with van der Waals surface area (Å²) >= 11 is 6.04. The highest BCUT2D eigenvalue weighted by Gasteiger charge is 2.10. The summed E-state index contributed by atoms with van der Waals surface area (Å²) < 4.78 is 6.10. The molecule has 2 rings (SSSR count). The van der Waals surface area contributed by atoms with E-state index in [0.29, 0.717) is 17.5 Å². The highest BCUT2D eigenvalue weighted by atomic mass is 35.5. The maximum Gasteiger partial charge on any atom is 0.130 e. The number of ether oxygens (including phenoxy) is 1. The highest BCUT2D eigenvalue weighted by molar-refractivity contribution is 6.30. The summed E-state index contributed by atoms with van der Waals surface area (Å²) in [5.74, 6) is 2.13. The van der Waals surface area contributed by atoms with Gasteiger partial charge in [-0.25, -0.2) is 0 Å². The average molecular weight is 290 g/mol. The minimum Gasteiger partial charge on any atom is -0.457 e. The van der Waals surface area contributed by atoms with Crippen LogP contribution in [0.3, 0.4) is 0 Å². The molecule has 0 spiro atoms. The molecule has 0 aliphatic rings. The monoisotopic (exact) mass is 289 g/mol. The van der Waals surface area contributed by atoms with Crippen molar-refractivity contribution in [3.05, 3.63) is 58.6 Å². The zero-order chi connectivity index (χ0) is 14.5. The Balaban J connectivity index is 2.35. The molecule has 2 nitrogen and oxygen atoms in total. The van der Waals surface area contributed by atoms with Crippen LogP contribution < -0.4 is 10.5 Å². The topological polar surface area (TPSA) is 35.2 Å². The van der Waals surface area contributed by atoms with Crippen molar-refractivity contribution in [3.63, 3.8) is 0 Å². The van der Waals surface area contributed by atoms with Gasteiger partial charge in [-0.2, -0.15) is 0 Å². The van der Waals surface area contributed by atoms with Crippen molar-refractivity contribution in [2.24, 2.45) is 5.73 Å². The Bertz CT molecular complexity index is 581. The van der Waals surface area contributed by atoms with Crippen LogP contribution in [0.1, 0.15) is 30.9 Å². The molecule has 2 N–H and O–H groups in total. The second-order valence-corrected chi connectivity index (χ2v) is 5.52. The molecule has 2 aromatic carbocycles. The molecule has 0 heterocycles. The molecule has 106 valence electrons. The molecule has 0 unspecified atom stereocenters. The normalized spacial score (nSPS) is 10.8. The van der Waals surface area contributed by atoms with Gasteiger partial charge in [0.15, 0.2) is 0 Å². The van der Waals surface area contributed by atoms with Crippen molar-refractivity contribution in [1.29, 1.82) is 0 Å². The van der Waals surface area contributed by atoms with E-state index in [2.05, 4.69) is 19.9 Å². The van der Waals surface area contributed by atoms with Crippen LogP contribution in [0.15, 0.2) is 42.5 Å². The van der Waals surface area contributed by atoms with E-state index < -0.39 is 0 Å². The van der Waals surface area contributed by atoms with Gasteiger partial charge in [0.25, 0.3) is 0 Å². The average Bonchev–Trinajstić information content (AvgIpc) is 2.42. The second kappa shape index (κ2) is 6.78. The third kappa shape index (κ3) is 3.53. The molecular formula is C17H20ClNO. The summed E-state index contributed by atoms with van der Waals surface area (Å²) in [6, 6.07) is 13.8. The predicted molar refractivity (Wildman–Crippen MR) is 84.8 cm³/mol. The van der Waals surface area contributed by atoms with Gasteiger partial charge < -0.3 is 10.5 Å². The lowest BCUT2D eigenvalue weighted by Crippen LogP contribution is -2.04. The smallest absolute Gasteiger partial charge is 0.130 e. The fourth-order valence-corrected chi connectivity index (χ4v) is 2.36. The van der Waals surface area contributed by atoms with E-state index in [-0.39, 0.29) is 0 Å². The summed E-state index contributed by atoms with van der Waals surface area (Å²) in [6.45, 7) is 4.89. The van der Waals surface area contributed by atoms with Crippen LogP contribution in [-0.4, -0.2) is 6.54 Å². The first-order valence-corrected chi connectivity index (χ1v) is 7.25. The van der Waals surface area contributed by atoms with E-state index in [9.17, 15) is 0 Å². The molecule has 0 radical (unpaired) electrons. The summed E-state index contributed by atoms with van der Waals surface area (Å²) in [5, 5.41) is 0.706. The molecule has 0 atom stereocenters.